The number of aromatic nitrogens is 12. The van der Waals surface area contributed by atoms with Crippen molar-refractivity contribution < 1.29 is 55.8 Å². The van der Waals surface area contributed by atoms with Gasteiger partial charge < -0.3 is 34.4 Å². The van der Waals surface area contributed by atoms with Crippen LogP contribution < -0.4 is 5.73 Å². The van der Waals surface area contributed by atoms with Crippen LogP contribution in [0.2, 0.25) is 0 Å². The number of alkyl halides is 4. The fourth-order valence-corrected chi connectivity index (χ4v) is 6.97. The van der Waals surface area contributed by atoms with Crippen molar-refractivity contribution in [1.82, 2.24) is 60.6 Å². The molecule has 0 atom stereocenters. The van der Waals surface area contributed by atoms with E-state index in [0.29, 0.717) is 71.9 Å². The molecule has 0 radical (unpaired) electrons. The smallest absolute Gasteiger partial charge is 0.305 e. The molecule has 4 aromatic heterocycles. The number of aliphatic hydroxyl groups excluding tert-OH is 1. The van der Waals surface area contributed by atoms with E-state index < -0.39 is 18.6 Å². The van der Waals surface area contributed by atoms with Gasteiger partial charge in [-0.25, -0.2) is 22.2 Å². The highest BCUT2D eigenvalue weighted by Crippen LogP contribution is 2.10. The lowest BCUT2D eigenvalue weighted by Gasteiger charge is -2.03. The van der Waals surface area contributed by atoms with Crippen LogP contribution in [0.15, 0.2) is 35.6 Å². The number of aliphatic hydroxyl groups is 1. The van der Waals surface area contributed by atoms with E-state index in [4.69, 9.17) is 40.0 Å². The second-order valence-electron chi connectivity index (χ2n) is 26.9. The summed E-state index contributed by atoms with van der Waals surface area (Å²) >= 11 is 18.7. The lowest BCUT2D eigenvalue weighted by Crippen LogP contribution is -2.11. The van der Waals surface area contributed by atoms with Gasteiger partial charge in [-0.1, -0.05) is 177 Å². The summed E-state index contributed by atoms with van der Waals surface area (Å²) in [7, 11) is 3.02. The van der Waals surface area contributed by atoms with Crippen molar-refractivity contribution >= 4 is 98.8 Å². The van der Waals surface area contributed by atoms with Gasteiger partial charge in [0.2, 0.25) is 5.95 Å². The number of tetrazole rings is 2. The molecule has 0 saturated carbocycles. The minimum Gasteiger partial charge on any atom is -0.490 e. The van der Waals surface area contributed by atoms with E-state index in [1.165, 1.54) is 13.4 Å². The number of esters is 1. The molecule has 4 aromatic rings. The Morgan fingerprint density at radius 1 is 0.602 bits per heavy atom. The van der Waals surface area contributed by atoms with Crippen LogP contribution in [0.1, 0.15) is 269 Å². The van der Waals surface area contributed by atoms with Gasteiger partial charge in [0.05, 0.1) is 43.1 Å². The molecule has 574 valence electrons. The van der Waals surface area contributed by atoms with Gasteiger partial charge in [0.15, 0.2) is 17.2 Å². The van der Waals surface area contributed by atoms with Crippen LogP contribution in [0.25, 0.3) is 0 Å². The predicted octanol–water partition coefficient (Wildman–Crippen LogP) is 18.3. The molecular weight excluding hydrogens is 1340 g/mol. The van der Waals surface area contributed by atoms with Crippen molar-refractivity contribution in [2.24, 2.45) is 53.3 Å². The number of rotatable bonds is 23. The van der Waals surface area contributed by atoms with Crippen LogP contribution in [-0.4, -0.2) is 143 Å². The van der Waals surface area contributed by atoms with Crippen LogP contribution in [0.4, 0.5) is 23.5 Å². The Morgan fingerprint density at radius 2 is 1.08 bits per heavy atom. The number of hydrogen-bond donors (Lipinski definition) is 2. The Labute approximate surface area is 610 Å². The summed E-state index contributed by atoms with van der Waals surface area (Å²) in [6, 6.07) is 2.88. The normalized spacial score (nSPS) is 10.1. The molecule has 0 aromatic carbocycles. The van der Waals surface area contributed by atoms with Gasteiger partial charge in [-0.2, -0.15) is 4.80 Å². The molecule has 21 nitrogen and oxygen atoms in total. The van der Waals surface area contributed by atoms with Crippen LogP contribution in [0.3, 0.4) is 0 Å². The van der Waals surface area contributed by atoms with Gasteiger partial charge in [0, 0.05) is 56.5 Å². The molecule has 3 N–H and O–H groups in total. The van der Waals surface area contributed by atoms with Gasteiger partial charge in [-0.3, -0.25) is 14.3 Å². The molecular formula is C69H133F4N13O8S4. The Bertz CT molecular complexity index is 2310. The molecule has 4 rings (SSSR count). The van der Waals surface area contributed by atoms with E-state index in [9.17, 15) is 36.7 Å². The van der Waals surface area contributed by atoms with Crippen molar-refractivity contribution in [2.45, 2.75) is 289 Å². The monoisotopic (exact) mass is 1480 g/mol. The number of ether oxygens (including phenoxy) is 2. The van der Waals surface area contributed by atoms with Gasteiger partial charge in [0.25, 0.3) is 12.9 Å². The molecule has 0 fully saturated rings. The molecule has 0 aliphatic carbocycles. The molecule has 0 amide bonds. The second-order valence-corrected chi connectivity index (χ2v) is 28.9. The number of nitrogens with zero attached hydrogens (tertiary/aromatic N) is 12. The summed E-state index contributed by atoms with van der Waals surface area (Å²) in [5, 5.41) is 43.3. The maximum atomic E-state index is 11.6. The number of nitrogens with two attached hydrogens (primary N) is 1. The number of thiocarbonyl (C=S) groups is 4. The Hall–Kier alpha value is -5.39. The first-order valence-corrected chi connectivity index (χ1v) is 35.0. The molecule has 0 saturated heterocycles. The fraction of sp³-hybridized carbons (Fsp3) is 0.783. The van der Waals surface area contributed by atoms with Crippen molar-refractivity contribution in [1.29, 1.82) is 0 Å². The summed E-state index contributed by atoms with van der Waals surface area (Å²) < 4.78 is 63.4. The largest absolute Gasteiger partial charge is 0.490 e. The number of aldehydes is 1. The number of Topliss-reactive ketones (excluding diaryl/α,β-unsaturated/α-hetero) is 2. The highest BCUT2D eigenvalue weighted by Gasteiger charge is 2.16. The minimum atomic E-state index is -2.78. The first kappa shape index (κ1) is 111. The molecule has 4 heterocycles. The zero-order valence-electron chi connectivity index (χ0n) is 65.5. The Morgan fingerprint density at radius 3 is 1.22 bits per heavy atom. The van der Waals surface area contributed by atoms with Crippen molar-refractivity contribution in [3.63, 3.8) is 0 Å². The molecule has 0 spiro atoms. The molecule has 0 unspecified atom stereocenters. The summed E-state index contributed by atoms with van der Waals surface area (Å²) in [6.07, 6.45) is 8.50. The Balaban J connectivity index is -0.000000126. The van der Waals surface area contributed by atoms with E-state index in [1.807, 2.05) is 102 Å². The Kier molecular flexibility index (Phi) is 84.3. The molecule has 0 bridgehead atoms. The standard InChI is InChI=1S/C7H11NO.C6H10F2O.C6H10F2S.C6H12O2.C6H12OS.C6H12O.C6H12S.C5H9N3.C5H10O.C5H10S.C4H9N5.C4H8N4.C3H8O/c1-6(2)5-7-3-4-9-8-7;2*1-4(2)3-5(9)6(7)8;1-5(2)4-6(7)8-3;1-5(2)4-6(8)7-3;2*1-5(2)4-6(3)7;1-5(2)8-4-3-6-7-8;2*1-5(2)3-4-6;1-3(2)9-4(5)6-7-8-9;1-4(2)8-6-3-5-7-8;1-3(2)4/h3-4,6H,5H2,1-2H3;2*4,6H,3H2,1-2H3;2*5H,4H2,1-3H3;2*5H,4H2,1-3H3;3-5H,1-2H3;2*4-5H,3H2,1-2H3;3H,1-2H3,(H2,5,6,8);3-4H,1-2H3;3-4H,1-2H3. The third-order valence-electron chi connectivity index (χ3n) is 9.75. The number of hydrogen-bond acceptors (Lipinski definition) is 22. The SMILES string of the molecule is CC(=O)CC(C)C.CC(=S)CC(C)C.CC(C)CC(=O)C(F)F.CC(C)CC(=S)C(F)F.CC(C)CC=O.CC(C)CC=S.CC(C)Cc1ccon1.CC(C)O.CC(C)n1ccnn1.CC(C)n1ncnn1.CC(C)n1nnnc1N.COC(=O)CC(C)C.COC(=S)CC(C)C. The van der Waals surface area contributed by atoms with Crippen molar-refractivity contribution in [2.75, 3.05) is 20.0 Å². The van der Waals surface area contributed by atoms with Crippen molar-refractivity contribution in [3.8, 4) is 0 Å². The zero-order chi connectivity index (χ0) is 78.8. The predicted molar refractivity (Wildman–Crippen MR) is 409 cm³/mol. The summed E-state index contributed by atoms with van der Waals surface area (Å²) in [5.74, 6) is 4.06. The molecule has 29 heteroatoms. The van der Waals surface area contributed by atoms with E-state index in [-0.39, 0.29) is 47.0 Å². The lowest BCUT2D eigenvalue weighted by molar-refractivity contribution is -0.141. The van der Waals surface area contributed by atoms with Gasteiger partial charge in [-0.05, 0) is 186 Å². The number of methoxy groups -OCH3 is 2. The summed E-state index contributed by atoms with van der Waals surface area (Å²) in [6.45, 7) is 55.7. The van der Waals surface area contributed by atoms with Crippen LogP contribution in [-0.2, 0) is 35.1 Å². The maximum absolute atomic E-state index is 11.6. The summed E-state index contributed by atoms with van der Waals surface area (Å²) in [4.78, 5) is 43.0. The van der Waals surface area contributed by atoms with E-state index in [1.54, 1.807) is 73.7 Å². The number of halogens is 4. The van der Waals surface area contributed by atoms with Gasteiger partial charge >= 0.3 is 5.97 Å². The lowest BCUT2D eigenvalue weighted by atomic mass is 10.1. The highest BCUT2D eigenvalue weighted by atomic mass is 32.1. The highest BCUT2D eigenvalue weighted by molar-refractivity contribution is 7.80. The average Bonchev–Trinajstić information content (AvgIpc) is 1.79. The first-order chi connectivity index (χ1) is 45.0. The number of ketones is 2. The van der Waals surface area contributed by atoms with Crippen LogP contribution >= 0.6 is 48.9 Å². The molecule has 0 aliphatic heterocycles. The molecule has 98 heavy (non-hydrogen) atoms. The summed E-state index contributed by atoms with van der Waals surface area (Å²) in [5.41, 5.74) is 6.41. The average molecular weight is 1480 g/mol. The number of nitrogen functional groups attached to an aromatic ring is 1. The first-order valence-electron chi connectivity index (χ1n) is 33.3. The third-order valence-corrected chi connectivity index (χ3v) is 10.8. The minimum absolute atomic E-state index is 0.0162. The molecule has 0 aliphatic rings. The second kappa shape index (κ2) is 74.3. The van der Waals surface area contributed by atoms with Crippen LogP contribution in [0, 0.1) is 53.3 Å². The van der Waals surface area contributed by atoms with E-state index in [2.05, 4.69) is 149 Å². The van der Waals surface area contributed by atoms with E-state index in [0.717, 1.165) is 60.8 Å². The number of carbonyl (C=O) groups is 4. The fourth-order valence-electron chi connectivity index (χ4n) is 5.58. The van der Waals surface area contributed by atoms with Gasteiger partial charge in [-0.15, -0.1) is 15.3 Å². The van der Waals surface area contributed by atoms with Crippen molar-refractivity contribution in [3.05, 3.63) is 36.7 Å². The quantitative estimate of drug-likeness (QED) is 0.0302. The van der Waals surface area contributed by atoms with Gasteiger partial charge in [0.1, 0.15) is 18.3 Å². The number of carbonyl (C=O) groups excluding carboxylic acids is 4. The number of anilines is 1. The van der Waals surface area contributed by atoms with E-state index >= 15 is 0 Å². The zero-order valence-corrected chi connectivity index (χ0v) is 68.7. The third kappa shape index (κ3) is 104. The maximum Gasteiger partial charge on any atom is 0.305 e. The van der Waals surface area contributed by atoms with Crippen LogP contribution in [0.5, 0.6) is 0 Å². The topological polar surface area (TPSA) is 277 Å².